The van der Waals surface area contributed by atoms with Crippen LogP contribution >= 0.6 is 11.8 Å². The molecule has 118 valence electrons. The van der Waals surface area contributed by atoms with Crippen LogP contribution in [0.1, 0.15) is 18.9 Å². The summed E-state index contributed by atoms with van der Waals surface area (Å²) in [5, 5.41) is 5.30. The summed E-state index contributed by atoms with van der Waals surface area (Å²) in [6.07, 6.45) is 1.12. The molecule has 2 N–H and O–H groups in total. The fraction of sp³-hybridized carbons (Fsp3) is 0.222. The van der Waals surface area contributed by atoms with Gasteiger partial charge in [0.1, 0.15) is 0 Å². The molecule has 3 rings (SSSR count). The fourth-order valence-electron chi connectivity index (χ4n) is 2.43. The van der Waals surface area contributed by atoms with Gasteiger partial charge in [-0.2, -0.15) is 0 Å². The molecule has 1 atom stereocenters. The number of para-hydroxylation sites is 1. The van der Waals surface area contributed by atoms with Crippen molar-refractivity contribution in [1.82, 2.24) is 0 Å². The Balaban J connectivity index is 1.62. The number of hydrogen-bond acceptors (Lipinski definition) is 3. The number of benzene rings is 2. The zero-order chi connectivity index (χ0) is 16.2. The zero-order valence-electron chi connectivity index (χ0n) is 12.8. The van der Waals surface area contributed by atoms with Gasteiger partial charge in [0.2, 0.25) is 11.8 Å². The van der Waals surface area contributed by atoms with Crippen LogP contribution in [0.4, 0.5) is 11.4 Å². The lowest BCUT2D eigenvalue weighted by molar-refractivity contribution is -0.120. The van der Waals surface area contributed by atoms with Crippen molar-refractivity contribution in [2.24, 2.45) is 0 Å². The van der Waals surface area contributed by atoms with Gasteiger partial charge >= 0.3 is 0 Å². The monoisotopic (exact) mass is 326 g/mol. The van der Waals surface area contributed by atoms with Crippen LogP contribution in [-0.4, -0.2) is 17.1 Å². The van der Waals surface area contributed by atoms with Gasteiger partial charge in [0.25, 0.3) is 0 Å². The summed E-state index contributed by atoms with van der Waals surface area (Å²) in [4.78, 5) is 25.3. The Hall–Kier alpha value is -2.27. The molecule has 2 amide bonds. The number of anilines is 2. The first-order valence-corrected chi connectivity index (χ1v) is 8.49. The van der Waals surface area contributed by atoms with E-state index in [1.807, 2.05) is 48.5 Å². The third kappa shape index (κ3) is 3.74. The van der Waals surface area contributed by atoms with Crippen molar-refractivity contribution in [3.8, 4) is 0 Å². The largest absolute Gasteiger partial charge is 0.326 e. The van der Waals surface area contributed by atoms with Crippen molar-refractivity contribution < 1.29 is 9.59 Å². The minimum atomic E-state index is -0.403. The number of rotatable bonds is 4. The zero-order valence-corrected chi connectivity index (χ0v) is 13.7. The number of carbonyl (C=O) groups is 2. The van der Waals surface area contributed by atoms with Gasteiger partial charge in [0.05, 0.1) is 10.9 Å². The van der Waals surface area contributed by atoms with E-state index in [-0.39, 0.29) is 18.2 Å². The van der Waals surface area contributed by atoms with E-state index in [1.165, 1.54) is 17.3 Å². The molecule has 23 heavy (non-hydrogen) atoms. The average Bonchev–Trinajstić information content (AvgIpc) is 2.56. The van der Waals surface area contributed by atoms with Gasteiger partial charge in [0, 0.05) is 17.0 Å². The van der Waals surface area contributed by atoms with Gasteiger partial charge in [-0.25, -0.2) is 0 Å². The van der Waals surface area contributed by atoms with Crippen molar-refractivity contribution in [1.29, 1.82) is 0 Å². The van der Waals surface area contributed by atoms with E-state index in [0.717, 1.165) is 22.7 Å². The summed E-state index contributed by atoms with van der Waals surface area (Å²) >= 11 is 1.44. The van der Waals surface area contributed by atoms with Gasteiger partial charge < -0.3 is 10.6 Å². The summed E-state index contributed by atoms with van der Waals surface area (Å²) in [6.45, 7) is 2.09. The van der Waals surface area contributed by atoms with Gasteiger partial charge in [-0.15, -0.1) is 11.8 Å². The molecule has 1 unspecified atom stereocenters. The summed E-state index contributed by atoms with van der Waals surface area (Å²) < 4.78 is 0. The Kier molecular flexibility index (Phi) is 4.67. The quantitative estimate of drug-likeness (QED) is 0.901. The summed E-state index contributed by atoms with van der Waals surface area (Å²) in [5.41, 5.74) is 2.80. The van der Waals surface area contributed by atoms with E-state index in [9.17, 15) is 9.59 Å². The normalized spacial score (nSPS) is 16.4. The van der Waals surface area contributed by atoms with Crippen LogP contribution in [0.5, 0.6) is 0 Å². The molecule has 0 aliphatic carbocycles. The second-order valence-electron chi connectivity index (χ2n) is 5.39. The first-order chi connectivity index (χ1) is 11.2. The lowest BCUT2D eigenvalue weighted by Crippen LogP contribution is -2.32. The second-order valence-corrected chi connectivity index (χ2v) is 6.64. The van der Waals surface area contributed by atoms with Crippen LogP contribution in [0.3, 0.4) is 0 Å². The van der Waals surface area contributed by atoms with Gasteiger partial charge in [-0.05, 0) is 36.2 Å². The smallest absolute Gasteiger partial charge is 0.238 e. The third-order valence-electron chi connectivity index (χ3n) is 3.72. The van der Waals surface area contributed by atoms with Crippen LogP contribution in [0.15, 0.2) is 53.4 Å². The highest BCUT2D eigenvalue weighted by Gasteiger charge is 2.28. The number of nitrogens with one attached hydrogen (secondary N) is 2. The van der Waals surface area contributed by atoms with E-state index in [0.29, 0.717) is 0 Å². The molecule has 2 aromatic rings. The highest BCUT2D eigenvalue weighted by atomic mass is 32.2. The van der Waals surface area contributed by atoms with Crippen LogP contribution in [0.25, 0.3) is 0 Å². The number of thioether (sulfide) groups is 1. The molecule has 0 spiro atoms. The highest BCUT2D eigenvalue weighted by molar-refractivity contribution is 8.01. The average molecular weight is 326 g/mol. The Morgan fingerprint density at radius 1 is 1.17 bits per heavy atom. The maximum absolute atomic E-state index is 12.2. The standard InChI is InChI=1S/C18H18N2O2S/c1-2-12-7-9-13(10-8-12)19-17(21)11-16-18(22)20-14-5-3-4-6-15(14)23-16/h3-10,16H,2,11H2,1H3,(H,19,21)(H,20,22). The van der Waals surface area contributed by atoms with E-state index in [2.05, 4.69) is 17.6 Å². The number of fused-ring (bicyclic) bond motifs is 1. The van der Waals surface area contributed by atoms with Gasteiger partial charge in [-0.3, -0.25) is 9.59 Å². The molecule has 2 aromatic carbocycles. The number of hydrogen-bond donors (Lipinski definition) is 2. The summed E-state index contributed by atoms with van der Waals surface area (Å²) in [7, 11) is 0. The molecule has 0 saturated heterocycles. The van der Waals surface area contributed by atoms with E-state index >= 15 is 0 Å². The molecule has 0 saturated carbocycles. The van der Waals surface area contributed by atoms with E-state index in [1.54, 1.807) is 0 Å². The Morgan fingerprint density at radius 2 is 1.91 bits per heavy atom. The predicted molar refractivity (Wildman–Crippen MR) is 93.8 cm³/mol. The van der Waals surface area contributed by atoms with E-state index in [4.69, 9.17) is 0 Å². The molecule has 0 radical (unpaired) electrons. The number of amides is 2. The lowest BCUT2D eigenvalue weighted by atomic mass is 10.1. The topological polar surface area (TPSA) is 58.2 Å². The highest BCUT2D eigenvalue weighted by Crippen LogP contribution is 2.36. The fourth-order valence-corrected chi connectivity index (χ4v) is 3.54. The maximum Gasteiger partial charge on any atom is 0.238 e. The molecular formula is C18H18N2O2S. The van der Waals surface area contributed by atoms with Crippen LogP contribution in [0.2, 0.25) is 0 Å². The summed E-state index contributed by atoms with van der Waals surface area (Å²) in [6, 6.07) is 15.4. The van der Waals surface area contributed by atoms with Gasteiger partial charge in [0.15, 0.2) is 0 Å². The number of carbonyl (C=O) groups excluding carboxylic acids is 2. The molecule has 0 fully saturated rings. The Labute approximate surface area is 139 Å². The van der Waals surface area contributed by atoms with Crippen molar-refractivity contribution in [3.05, 3.63) is 54.1 Å². The number of aryl methyl sites for hydroxylation is 1. The first kappa shape index (κ1) is 15.6. The molecule has 1 aliphatic heterocycles. The molecule has 1 heterocycles. The van der Waals surface area contributed by atoms with Crippen molar-refractivity contribution in [2.45, 2.75) is 29.9 Å². The molecule has 5 heteroatoms. The molecule has 1 aliphatic rings. The third-order valence-corrected chi connectivity index (χ3v) is 5.00. The molecule has 0 bridgehead atoms. The summed E-state index contributed by atoms with van der Waals surface area (Å²) in [5.74, 6) is -0.272. The van der Waals surface area contributed by atoms with Crippen molar-refractivity contribution in [3.63, 3.8) is 0 Å². The Morgan fingerprint density at radius 3 is 2.65 bits per heavy atom. The molecule has 4 nitrogen and oxygen atoms in total. The SMILES string of the molecule is CCc1ccc(NC(=O)CC2Sc3ccccc3NC2=O)cc1. The minimum absolute atomic E-state index is 0.120. The molecular weight excluding hydrogens is 308 g/mol. The van der Waals surface area contributed by atoms with Crippen LogP contribution in [0, 0.1) is 0 Å². The minimum Gasteiger partial charge on any atom is -0.326 e. The van der Waals surface area contributed by atoms with Crippen LogP contribution in [-0.2, 0) is 16.0 Å². The van der Waals surface area contributed by atoms with Gasteiger partial charge in [-0.1, -0.05) is 31.2 Å². The predicted octanol–water partition coefficient (Wildman–Crippen LogP) is 3.69. The van der Waals surface area contributed by atoms with E-state index < -0.39 is 5.25 Å². The lowest BCUT2D eigenvalue weighted by Gasteiger charge is -2.23. The molecule has 0 aromatic heterocycles. The van der Waals surface area contributed by atoms with Crippen molar-refractivity contribution in [2.75, 3.05) is 10.6 Å². The first-order valence-electron chi connectivity index (χ1n) is 7.61. The maximum atomic E-state index is 12.2. The second kappa shape index (κ2) is 6.87. The Bertz CT molecular complexity index is 728. The van der Waals surface area contributed by atoms with Crippen LogP contribution < -0.4 is 10.6 Å². The van der Waals surface area contributed by atoms with Crippen molar-refractivity contribution >= 4 is 35.0 Å².